The van der Waals surface area contributed by atoms with Gasteiger partial charge in [-0.2, -0.15) is 0 Å². The molecular formula is C15H17N5O3. The number of rotatable bonds is 5. The lowest BCUT2D eigenvalue weighted by Gasteiger charge is -2.32. The first kappa shape index (κ1) is 15.3. The smallest absolute Gasteiger partial charge is 0.303 e. The molecule has 2 aromatic heterocycles. The summed E-state index contributed by atoms with van der Waals surface area (Å²) in [6.07, 6.45) is 6.82. The van der Waals surface area contributed by atoms with Crippen molar-refractivity contribution < 1.29 is 14.6 Å². The molecule has 0 aromatic carbocycles. The fraction of sp³-hybridized carbons (Fsp3) is 0.400. The van der Waals surface area contributed by atoms with E-state index in [1.54, 1.807) is 30.9 Å². The largest absolute Gasteiger partial charge is 0.481 e. The summed E-state index contributed by atoms with van der Waals surface area (Å²) in [6, 6.07) is 1.78. The minimum absolute atomic E-state index is 0.0354. The van der Waals surface area contributed by atoms with E-state index in [0.29, 0.717) is 43.5 Å². The summed E-state index contributed by atoms with van der Waals surface area (Å²) in [5.74, 6) is -0.186. The molecule has 8 heteroatoms. The monoisotopic (exact) mass is 315 g/mol. The summed E-state index contributed by atoms with van der Waals surface area (Å²) in [4.78, 5) is 29.8. The number of carboxylic acids is 1. The van der Waals surface area contributed by atoms with Gasteiger partial charge in [0.25, 0.3) is 0 Å². The molecule has 1 saturated heterocycles. The zero-order chi connectivity index (χ0) is 16.1. The van der Waals surface area contributed by atoms with Gasteiger partial charge < -0.3 is 14.7 Å². The Labute approximate surface area is 133 Å². The predicted molar refractivity (Wildman–Crippen MR) is 80.9 cm³/mol. The Morgan fingerprint density at radius 3 is 2.96 bits per heavy atom. The first-order valence-corrected chi connectivity index (χ1v) is 7.38. The molecular weight excluding hydrogens is 298 g/mol. The topological polar surface area (TPSA) is 101 Å². The molecule has 23 heavy (non-hydrogen) atoms. The van der Waals surface area contributed by atoms with Gasteiger partial charge in [0.2, 0.25) is 5.95 Å². The van der Waals surface area contributed by atoms with Crippen molar-refractivity contribution in [1.82, 2.24) is 19.9 Å². The fourth-order valence-corrected chi connectivity index (χ4v) is 2.40. The molecule has 0 saturated carbocycles. The van der Waals surface area contributed by atoms with Crippen LogP contribution in [0.2, 0.25) is 0 Å². The van der Waals surface area contributed by atoms with Gasteiger partial charge in [0.15, 0.2) is 0 Å². The molecule has 0 spiro atoms. The lowest BCUT2D eigenvalue weighted by Crippen LogP contribution is -2.39. The van der Waals surface area contributed by atoms with E-state index in [1.165, 1.54) is 0 Å². The molecule has 3 rings (SSSR count). The van der Waals surface area contributed by atoms with Crippen LogP contribution in [0.15, 0.2) is 30.9 Å². The highest BCUT2D eigenvalue weighted by Crippen LogP contribution is 2.22. The number of nitrogens with zero attached hydrogens (tertiary/aromatic N) is 5. The maximum absolute atomic E-state index is 10.7. The number of hydrogen-bond acceptors (Lipinski definition) is 7. The van der Waals surface area contributed by atoms with Crippen molar-refractivity contribution in [2.24, 2.45) is 0 Å². The van der Waals surface area contributed by atoms with E-state index < -0.39 is 5.97 Å². The highest BCUT2D eigenvalue weighted by atomic mass is 16.5. The molecule has 1 N–H and O–H groups in total. The Bertz CT molecular complexity index is 667. The van der Waals surface area contributed by atoms with Crippen LogP contribution in [-0.4, -0.2) is 50.7 Å². The Balaban J connectivity index is 1.71. The van der Waals surface area contributed by atoms with Crippen molar-refractivity contribution >= 4 is 11.9 Å². The van der Waals surface area contributed by atoms with Crippen LogP contribution in [0.25, 0.3) is 0 Å². The van der Waals surface area contributed by atoms with Crippen LogP contribution in [0.1, 0.15) is 23.9 Å². The second-order valence-corrected chi connectivity index (χ2v) is 5.18. The van der Waals surface area contributed by atoms with E-state index in [1.807, 2.05) is 4.90 Å². The lowest BCUT2D eigenvalue weighted by molar-refractivity contribution is -0.136. The number of anilines is 1. The van der Waals surface area contributed by atoms with Crippen molar-refractivity contribution in [1.29, 1.82) is 0 Å². The molecule has 3 heterocycles. The third kappa shape index (κ3) is 3.98. The van der Waals surface area contributed by atoms with Gasteiger partial charge in [-0.3, -0.25) is 14.8 Å². The van der Waals surface area contributed by atoms with Crippen LogP contribution in [0.4, 0.5) is 5.95 Å². The Kier molecular flexibility index (Phi) is 4.72. The van der Waals surface area contributed by atoms with Crippen molar-refractivity contribution in [3.63, 3.8) is 0 Å². The van der Waals surface area contributed by atoms with Crippen LogP contribution >= 0.6 is 0 Å². The van der Waals surface area contributed by atoms with Crippen LogP contribution in [0.5, 0.6) is 0 Å². The van der Waals surface area contributed by atoms with Gasteiger partial charge in [-0.15, -0.1) is 0 Å². The predicted octanol–water partition coefficient (Wildman–Crippen LogP) is 0.862. The van der Waals surface area contributed by atoms with Crippen molar-refractivity contribution in [3.05, 3.63) is 42.2 Å². The minimum Gasteiger partial charge on any atom is -0.481 e. The molecule has 1 aliphatic rings. The van der Waals surface area contributed by atoms with Gasteiger partial charge in [-0.1, -0.05) is 0 Å². The highest BCUT2D eigenvalue weighted by molar-refractivity contribution is 5.66. The van der Waals surface area contributed by atoms with Crippen LogP contribution < -0.4 is 4.90 Å². The molecule has 0 bridgehead atoms. The summed E-state index contributed by atoms with van der Waals surface area (Å²) in [7, 11) is 0. The van der Waals surface area contributed by atoms with Gasteiger partial charge in [0, 0.05) is 31.6 Å². The van der Waals surface area contributed by atoms with E-state index in [4.69, 9.17) is 9.84 Å². The summed E-state index contributed by atoms with van der Waals surface area (Å²) in [5.41, 5.74) is 1.36. The average Bonchev–Trinajstić information content (AvgIpc) is 2.61. The summed E-state index contributed by atoms with van der Waals surface area (Å²) in [5, 5.41) is 8.76. The van der Waals surface area contributed by atoms with E-state index >= 15 is 0 Å². The standard InChI is InChI=1S/C15H17N5O3/c21-14(22)3-2-11-8-16-9-12(19-11)13-10-20(6-7-23-13)15-17-4-1-5-18-15/h1,4-5,8-9,13H,2-3,6-7,10H2,(H,21,22). The summed E-state index contributed by atoms with van der Waals surface area (Å²) < 4.78 is 5.78. The summed E-state index contributed by atoms with van der Waals surface area (Å²) >= 11 is 0. The fourth-order valence-electron chi connectivity index (χ4n) is 2.40. The Hall–Kier alpha value is -2.61. The Morgan fingerprint density at radius 2 is 2.17 bits per heavy atom. The molecule has 0 radical (unpaired) electrons. The summed E-state index contributed by atoms with van der Waals surface area (Å²) in [6.45, 7) is 1.84. The van der Waals surface area contributed by atoms with Gasteiger partial charge in [0.05, 0.1) is 37.2 Å². The van der Waals surface area contributed by atoms with Gasteiger partial charge in [-0.05, 0) is 6.07 Å². The highest BCUT2D eigenvalue weighted by Gasteiger charge is 2.25. The third-order valence-electron chi connectivity index (χ3n) is 3.53. The quantitative estimate of drug-likeness (QED) is 0.867. The van der Waals surface area contributed by atoms with E-state index in [0.717, 1.165) is 0 Å². The van der Waals surface area contributed by atoms with E-state index in [-0.39, 0.29) is 12.5 Å². The average molecular weight is 315 g/mol. The second-order valence-electron chi connectivity index (χ2n) is 5.18. The Morgan fingerprint density at radius 1 is 1.35 bits per heavy atom. The second kappa shape index (κ2) is 7.10. The van der Waals surface area contributed by atoms with Crippen molar-refractivity contribution in [2.45, 2.75) is 18.9 Å². The van der Waals surface area contributed by atoms with Gasteiger partial charge in [0.1, 0.15) is 6.10 Å². The SMILES string of the molecule is O=C(O)CCc1cncc(C2CN(c3ncccn3)CCO2)n1. The maximum Gasteiger partial charge on any atom is 0.303 e. The molecule has 1 aliphatic heterocycles. The van der Waals surface area contributed by atoms with E-state index in [9.17, 15) is 4.79 Å². The minimum atomic E-state index is -0.849. The number of ether oxygens (including phenoxy) is 1. The van der Waals surface area contributed by atoms with Crippen LogP contribution in [0.3, 0.4) is 0 Å². The molecule has 120 valence electrons. The van der Waals surface area contributed by atoms with Crippen LogP contribution in [-0.2, 0) is 16.0 Å². The zero-order valence-electron chi connectivity index (χ0n) is 12.5. The number of aliphatic carboxylic acids is 1. The van der Waals surface area contributed by atoms with Gasteiger partial charge in [-0.25, -0.2) is 9.97 Å². The number of carboxylic acid groups (broad SMARTS) is 1. The number of aryl methyl sites for hydroxylation is 1. The number of aromatic nitrogens is 4. The first-order valence-electron chi connectivity index (χ1n) is 7.38. The molecule has 1 unspecified atom stereocenters. The molecule has 8 nitrogen and oxygen atoms in total. The molecule has 0 amide bonds. The molecule has 2 aromatic rings. The lowest BCUT2D eigenvalue weighted by atomic mass is 10.2. The first-order chi connectivity index (χ1) is 11.2. The molecule has 1 atom stereocenters. The number of hydrogen-bond donors (Lipinski definition) is 1. The zero-order valence-corrected chi connectivity index (χ0v) is 12.5. The van der Waals surface area contributed by atoms with Crippen LogP contribution in [0, 0.1) is 0 Å². The third-order valence-corrected chi connectivity index (χ3v) is 3.53. The molecule has 0 aliphatic carbocycles. The van der Waals surface area contributed by atoms with Gasteiger partial charge >= 0.3 is 5.97 Å². The number of morpholine rings is 1. The maximum atomic E-state index is 10.7. The van der Waals surface area contributed by atoms with Crippen molar-refractivity contribution in [3.8, 4) is 0 Å². The molecule has 1 fully saturated rings. The van der Waals surface area contributed by atoms with Crippen molar-refractivity contribution in [2.75, 3.05) is 24.6 Å². The number of carbonyl (C=O) groups is 1. The normalized spacial score (nSPS) is 17.9. The van der Waals surface area contributed by atoms with E-state index in [2.05, 4.69) is 19.9 Å².